The van der Waals surface area contributed by atoms with Crippen LogP contribution in [-0.4, -0.2) is 9.97 Å². The third-order valence-electron chi connectivity index (χ3n) is 2.60. The second kappa shape index (κ2) is 6.50. The average molecular weight is 452 g/mol. The zero-order chi connectivity index (χ0) is 14.0. The molecule has 2 nitrogen and oxygen atoms in total. The fraction of sp³-hybridized carbons (Fsp3) is 0.286. The predicted octanol–water partition coefficient (Wildman–Crippen LogP) is 5.36. The molecule has 1 aromatic heterocycles. The minimum absolute atomic E-state index is 0.525. The molecule has 1 heterocycles. The molecule has 0 atom stereocenters. The van der Waals surface area contributed by atoms with E-state index in [1.165, 1.54) is 0 Å². The van der Waals surface area contributed by atoms with E-state index in [1.807, 2.05) is 24.3 Å². The highest BCUT2D eigenvalue weighted by Crippen LogP contribution is 2.29. The summed E-state index contributed by atoms with van der Waals surface area (Å²) >= 11 is 12.0. The molecule has 0 aliphatic carbocycles. The lowest BCUT2D eigenvalue weighted by molar-refractivity contribution is 0.632. The largest absolute Gasteiger partial charge is 0.232 e. The average Bonchev–Trinajstić information content (AvgIpc) is 2.35. The number of nitrogens with zero attached hydrogens (tertiary/aromatic N) is 2. The van der Waals surface area contributed by atoms with Crippen LogP contribution in [0.25, 0.3) is 11.4 Å². The van der Waals surface area contributed by atoms with Crippen LogP contribution in [0.3, 0.4) is 0 Å². The van der Waals surface area contributed by atoms with Gasteiger partial charge >= 0.3 is 0 Å². The van der Waals surface area contributed by atoms with Crippen LogP contribution >= 0.6 is 50.1 Å². The maximum Gasteiger partial charge on any atom is 0.162 e. The van der Waals surface area contributed by atoms with Crippen LogP contribution in [0.1, 0.15) is 19.5 Å². The molecule has 0 saturated heterocycles. The van der Waals surface area contributed by atoms with Crippen LogP contribution in [0.5, 0.6) is 0 Å². The van der Waals surface area contributed by atoms with Crippen molar-refractivity contribution in [1.29, 1.82) is 0 Å². The van der Waals surface area contributed by atoms with Gasteiger partial charge in [0.2, 0.25) is 0 Å². The molecule has 5 heteroatoms. The number of hydrogen-bond acceptors (Lipinski definition) is 2. The minimum Gasteiger partial charge on any atom is -0.232 e. The van der Waals surface area contributed by atoms with E-state index in [9.17, 15) is 0 Å². The van der Waals surface area contributed by atoms with E-state index < -0.39 is 0 Å². The van der Waals surface area contributed by atoms with E-state index in [1.54, 1.807) is 0 Å². The molecule has 2 aromatic rings. The summed E-state index contributed by atoms with van der Waals surface area (Å²) in [5, 5.41) is 0.525. The molecule has 0 fully saturated rings. The molecule has 0 aliphatic rings. The van der Waals surface area contributed by atoms with Crippen LogP contribution in [-0.2, 0) is 6.42 Å². The standard InChI is InChI=1S/C14H13BrClIN2/c1-8(2)7-11-12(17)13(16)19-14(18-11)9-5-3-4-6-10(9)15/h3-6,8H,7H2,1-2H3. The number of aromatic nitrogens is 2. The first-order valence-electron chi connectivity index (χ1n) is 5.96. The van der Waals surface area contributed by atoms with Crippen LogP contribution < -0.4 is 0 Å². The predicted molar refractivity (Wildman–Crippen MR) is 91.4 cm³/mol. The fourth-order valence-corrected chi connectivity index (χ4v) is 2.86. The molecule has 0 spiro atoms. The highest BCUT2D eigenvalue weighted by atomic mass is 127. The minimum atomic E-state index is 0.525. The Bertz CT molecular complexity index is 602. The van der Waals surface area contributed by atoms with E-state index in [0.717, 1.165) is 25.7 Å². The second-order valence-electron chi connectivity index (χ2n) is 4.68. The maximum atomic E-state index is 6.23. The molecule has 100 valence electrons. The van der Waals surface area contributed by atoms with Crippen molar-refractivity contribution in [2.24, 2.45) is 5.92 Å². The highest BCUT2D eigenvalue weighted by molar-refractivity contribution is 14.1. The number of hydrogen-bond donors (Lipinski definition) is 0. The Morgan fingerprint density at radius 2 is 1.95 bits per heavy atom. The van der Waals surface area contributed by atoms with E-state index in [0.29, 0.717) is 16.9 Å². The van der Waals surface area contributed by atoms with Gasteiger partial charge in [0.1, 0.15) is 5.15 Å². The molecule has 0 aliphatic heterocycles. The van der Waals surface area contributed by atoms with Gasteiger partial charge in [-0.1, -0.05) is 59.6 Å². The van der Waals surface area contributed by atoms with Crippen molar-refractivity contribution in [3.8, 4) is 11.4 Å². The molecular formula is C14H13BrClIN2. The van der Waals surface area contributed by atoms with Crippen LogP contribution in [0.4, 0.5) is 0 Å². The monoisotopic (exact) mass is 450 g/mol. The molecule has 0 amide bonds. The van der Waals surface area contributed by atoms with Gasteiger partial charge in [-0.3, -0.25) is 0 Å². The van der Waals surface area contributed by atoms with E-state index in [2.05, 4.69) is 62.3 Å². The molecule has 0 bridgehead atoms. The van der Waals surface area contributed by atoms with Crippen molar-refractivity contribution in [3.63, 3.8) is 0 Å². The highest BCUT2D eigenvalue weighted by Gasteiger charge is 2.14. The molecular weight excluding hydrogens is 438 g/mol. The lowest BCUT2D eigenvalue weighted by Gasteiger charge is -2.11. The summed E-state index contributed by atoms with van der Waals surface area (Å²) in [4.78, 5) is 9.06. The summed E-state index contributed by atoms with van der Waals surface area (Å²) in [6.07, 6.45) is 0.901. The second-order valence-corrected chi connectivity index (χ2v) is 6.97. The van der Waals surface area contributed by atoms with Gasteiger partial charge in [0.25, 0.3) is 0 Å². The molecule has 0 unspecified atom stereocenters. The van der Waals surface area contributed by atoms with Crippen LogP contribution in [0.2, 0.25) is 5.15 Å². The molecule has 0 saturated carbocycles. The summed E-state index contributed by atoms with van der Waals surface area (Å²) in [5.74, 6) is 1.21. The molecule has 2 rings (SSSR count). The Kier molecular flexibility index (Phi) is 5.20. The zero-order valence-corrected chi connectivity index (χ0v) is 15.1. The van der Waals surface area contributed by atoms with Crippen molar-refractivity contribution in [3.05, 3.63) is 43.2 Å². The summed E-state index contributed by atoms with van der Waals surface area (Å²) in [6, 6.07) is 7.91. The Morgan fingerprint density at radius 3 is 2.58 bits per heavy atom. The number of halogens is 3. The van der Waals surface area contributed by atoms with Crippen molar-refractivity contribution in [1.82, 2.24) is 9.97 Å². The summed E-state index contributed by atoms with van der Waals surface area (Å²) in [7, 11) is 0. The summed E-state index contributed by atoms with van der Waals surface area (Å²) in [5.41, 5.74) is 1.98. The van der Waals surface area contributed by atoms with Crippen LogP contribution in [0.15, 0.2) is 28.7 Å². The fourth-order valence-electron chi connectivity index (χ4n) is 1.75. The topological polar surface area (TPSA) is 25.8 Å². The van der Waals surface area contributed by atoms with Gasteiger partial charge in [-0.25, -0.2) is 9.97 Å². The molecule has 0 N–H and O–H groups in total. The van der Waals surface area contributed by atoms with E-state index >= 15 is 0 Å². The van der Waals surface area contributed by atoms with Gasteiger partial charge in [-0.05, 0) is 41.0 Å². The summed E-state index contributed by atoms with van der Waals surface area (Å²) < 4.78 is 1.92. The Labute approximate surface area is 140 Å². The number of rotatable bonds is 3. The van der Waals surface area contributed by atoms with Crippen molar-refractivity contribution < 1.29 is 0 Å². The van der Waals surface area contributed by atoms with Crippen LogP contribution in [0, 0.1) is 9.49 Å². The Morgan fingerprint density at radius 1 is 1.26 bits per heavy atom. The van der Waals surface area contributed by atoms with Crippen molar-refractivity contribution >= 4 is 50.1 Å². The molecule has 1 aromatic carbocycles. The van der Waals surface area contributed by atoms with E-state index in [4.69, 9.17) is 11.6 Å². The van der Waals surface area contributed by atoms with Gasteiger partial charge in [0, 0.05) is 10.0 Å². The zero-order valence-electron chi connectivity index (χ0n) is 10.6. The van der Waals surface area contributed by atoms with Crippen molar-refractivity contribution in [2.75, 3.05) is 0 Å². The molecule has 0 radical (unpaired) electrons. The van der Waals surface area contributed by atoms with Gasteiger partial charge in [-0.2, -0.15) is 0 Å². The summed E-state index contributed by atoms with van der Waals surface area (Å²) in [6.45, 7) is 4.34. The van der Waals surface area contributed by atoms with Gasteiger partial charge in [0.15, 0.2) is 5.82 Å². The lowest BCUT2D eigenvalue weighted by Crippen LogP contribution is -2.04. The molecule has 19 heavy (non-hydrogen) atoms. The number of benzene rings is 1. The van der Waals surface area contributed by atoms with Crippen molar-refractivity contribution in [2.45, 2.75) is 20.3 Å². The third kappa shape index (κ3) is 3.67. The SMILES string of the molecule is CC(C)Cc1nc(-c2ccccc2Br)nc(Cl)c1I. The Hall–Kier alpha value is -0.200. The smallest absolute Gasteiger partial charge is 0.162 e. The van der Waals surface area contributed by atoms with Gasteiger partial charge in [-0.15, -0.1) is 0 Å². The lowest BCUT2D eigenvalue weighted by atomic mass is 10.1. The first kappa shape index (κ1) is 15.2. The first-order valence-corrected chi connectivity index (χ1v) is 8.20. The normalized spacial score (nSPS) is 11.1. The van der Waals surface area contributed by atoms with E-state index in [-0.39, 0.29) is 0 Å². The van der Waals surface area contributed by atoms with Gasteiger partial charge < -0.3 is 0 Å². The third-order valence-corrected chi connectivity index (χ3v) is 5.01. The Balaban J connectivity index is 2.54. The van der Waals surface area contributed by atoms with Gasteiger partial charge in [0.05, 0.1) is 9.26 Å². The first-order chi connectivity index (χ1) is 8.99. The maximum absolute atomic E-state index is 6.23. The quantitative estimate of drug-likeness (QED) is 0.464.